The van der Waals surface area contributed by atoms with Crippen LogP contribution in [0.15, 0.2) is 12.2 Å². The third-order valence-corrected chi connectivity index (χ3v) is 6.03. The lowest BCUT2D eigenvalue weighted by Gasteiger charge is -2.17. The predicted octanol–water partition coefficient (Wildman–Crippen LogP) is 5.09. The van der Waals surface area contributed by atoms with Crippen LogP contribution in [0.4, 0.5) is 0 Å². The maximum Gasteiger partial charge on any atom is 0.304 e. The number of rotatable bonds is 12. The summed E-state index contributed by atoms with van der Waals surface area (Å²) >= 11 is 7.46. The zero-order valence-corrected chi connectivity index (χ0v) is 16.2. The highest BCUT2D eigenvalue weighted by Gasteiger charge is 2.15. The average Bonchev–Trinajstić information content (AvgIpc) is 2.42. The highest BCUT2D eigenvalue weighted by Crippen LogP contribution is 2.25. The molecule has 0 fully saturated rings. The Hall–Kier alpha value is 0.130. The first-order valence-corrected chi connectivity index (χ1v) is 9.58. The van der Waals surface area contributed by atoms with E-state index in [4.69, 9.17) is 0 Å². The highest BCUT2D eigenvalue weighted by atomic mass is 79.9. The van der Waals surface area contributed by atoms with Crippen molar-refractivity contribution in [3.63, 3.8) is 0 Å². The molecule has 0 saturated carbocycles. The fourth-order valence-corrected chi connectivity index (χ4v) is 3.16. The lowest BCUT2D eigenvalue weighted by molar-refractivity contribution is -0.165. The number of hydrogen-bond donors (Lipinski definition) is 1. The molecule has 0 radical (unpaired) electrons. The number of aliphatic hydroxyl groups excluding tert-OH is 1. The van der Waals surface area contributed by atoms with Gasteiger partial charge in [-0.1, -0.05) is 57.4 Å². The fourth-order valence-electron chi connectivity index (χ4n) is 1.99. The summed E-state index contributed by atoms with van der Waals surface area (Å²) < 4.78 is 4.68. The molecule has 0 amide bonds. The maximum absolute atomic E-state index is 10.6. The zero-order chi connectivity index (χ0) is 16.1. The Bertz CT molecular complexity index is 295. The smallest absolute Gasteiger partial charge is 0.304 e. The molecule has 0 rings (SSSR count). The van der Waals surface area contributed by atoms with Crippen LogP contribution in [0.25, 0.3) is 0 Å². The largest absolute Gasteiger partial charge is 0.436 e. The number of halogens is 2. The molecule has 0 aliphatic carbocycles. The molecular formula is C16H28Br2O3. The van der Waals surface area contributed by atoms with E-state index in [2.05, 4.69) is 55.7 Å². The molecule has 0 bridgehead atoms. The van der Waals surface area contributed by atoms with Gasteiger partial charge in [-0.15, -0.1) is 0 Å². The van der Waals surface area contributed by atoms with E-state index in [9.17, 15) is 9.90 Å². The van der Waals surface area contributed by atoms with Crippen molar-refractivity contribution < 1.29 is 14.6 Å². The van der Waals surface area contributed by atoms with Crippen LogP contribution in [0.2, 0.25) is 0 Å². The van der Waals surface area contributed by atoms with Crippen LogP contribution >= 0.6 is 31.9 Å². The molecule has 0 aromatic carbocycles. The number of ether oxygens (including phenoxy) is 1. The van der Waals surface area contributed by atoms with Crippen molar-refractivity contribution in [2.75, 3.05) is 0 Å². The predicted molar refractivity (Wildman–Crippen MR) is 95.0 cm³/mol. The van der Waals surface area contributed by atoms with Crippen LogP contribution in [0, 0.1) is 0 Å². The molecule has 0 spiro atoms. The quantitative estimate of drug-likeness (QED) is 0.155. The van der Waals surface area contributed by atoms with Gasteiger partial charge in [-0.05, 0) is 38.5 Å². The molecule has 3 nitrogen and oxygen atoms in total. The minimum Gasteiger partial charge on any atom is -0.436 e. The number of hydrogen-bond acceptors (Lipinski definition) is 3. The first kappa shape index (κ1) is 21.1. The van der Waals surface area contributed by atoms with E-state index in [1.807, 2.05) is 0 Å². The monoisotopic (exact) mass is 426 g/mol. The van der Waals surface area contributed by atoms with Gasteiger partial charge in [-0.3, -0.25) is 4.79 Å². The maximum atomic E-state index is 10.6. The third kappa shape index (κ3) is 13.5. The second-order valence-electron chi connectivity index (χ2n) is 5.19. The van der Waals surface area contributed by atoms with Crippen LogP contribution in [-0.4, -0.2) is 27.0 Å². The van der Waals surface area contributed by atoms with Crippen molar-refractivity contribution in [1.29, 1.82) is 0 Å². The summed E-state index contributed by atoms with van der Waals surface area (Å²) in [5.74, 6) is -0.432. The Morgan fingerprint density at radius 1 is 1.10 bits per heavy atom. The SMILES string of the molecule is CCC=CCCCC(Br)C(Br)CCCCC(O)OC(C)=O. The van der Waals surface area contributed by atoms with E-state index < -0.39 is 12.3 Å². The number of esters is 1. The van der Waals surface area contributed by atoms with Crippen molar-refractivity contribution in [1.82, 2.24) is 0 Å². The van der Waals surface area contributed by atoms with E-state index in [0.717, 1.165) is 38.5 Å². The molecule has 0 heterocycles. The first-order valence-electron chi connectivity index (χ1n) is 7.75. The van der Waals surface area contributed by atoms with Crippen molar-refractivity contribution in [2.45, 2.75) is 81.2 Å². The number of carbonyl (C=O) groups is 1. The molecule has 0 aromatic heterocycles. The van der Waals surface area contributed by atoms with Gasteiger partial charge in [-0.2, -0.15) is 0 Å². The number of alkyl halides is 2. The molecule has 0 aliphatic heterocycles. The average molecular weight is 428 g/mol. The van der Waals surface area contributed by atoms with Gasteiger partial charge in [-0.25, -0.2) is 0 Å². The molecule has 0 saturated heterocycles. The molecule has 3 unspecified atom stereocenters. The Morgan fingerprint density at radius 3 is 2.24 bits per heavy atom. The van der Waals surface area contributed by atoms with E-state index in [1.165, 1.54) is 13.3 Å². The van der Waals surface area contributed by atoms with E-state index in [1.54, 1.807) is 0 Å². The van der Waals surface area contributed by atoms with Gasteiger partial charge < -0.3 is 9.84 Å². The summed E-state index contributed by atoms with van der Waals surface area (Å²) in [7, 11) is 0. The van der Waals surface area contributed by atoms with Crippen molar-refractivity contribution >= 4 is 37.8 Å². The van der Waals surface area contributed by atoms with E-state index >= 15 is 0 Å². The standard InChI is InChI=1S/C16H28Br2O3/c1-3-4-5-6-7-10-14(17)15(18)11-8-9-12-16(20)21-13(2)19/h4-5,14-16,20H,3,6-12H2,1-2H3. The first-order chi connectivity index (χ1) is 9.97. The van der Waals surface area contributed by atoms with Gasteiger partial charge >= 0.3 is 5.97 Å². The molecule has 0 aromatic rings. The minimum atomic E-state index is -0.957. The van der Waals surface area contributed by atoms with Gasteiger partial charge in [0.2, 0.25) is 6.29 Å². The number of allylic oxidation sites excluding steroid dienone is 2. The molecule has 124 valence electrons. The van der Waals surface area contributed by atoms with Gasteiger partial charge in [0.25, 0.3) is 0 Å². The van der Waals surface area contributed by atoms with Crippen molar-refractivity contribution in [3.05, 3.63) is 12.2 Å². The Labute approximate surface area is 145 Å². The molecule has 21 heavy (non-hydrogen) atoms. The van der Waals surface area contributed by atoms with Crippen molar-refractivity contribution in [2.24, 2.45) is 0 Å². The summed E-state index contributed by atoms with van der Waals surface area (Å²) in [6.07, 6.45) is 11.5. The number of aliphatic hydroxyl groups is 1. The second kappa shape index (κ2) is 13.8. The lowest BCUT2D eigenvalue weighted by atomic mass is 10.1. The molecule has 5 heteroatoms. The number of unbranched alkanes of at least 4 members (excludes halogenated alkanes) is 2. The Morgan fingerprint density at radius 2 is 1.67 bits per heavy atom. The summed E-state index contributed by atoms with van der Waals surface area (Å²) in [4.78, 5) is 11.6. The molecule has 1 N–H and O–H groups in total. The summed E-state index contributed by atoms with van der Waals surface area (Å²) in [6, 6.07) is 0. The highest BCUT2D eigenvalue weighted by molar-refractivity contribution is 9.12. The normalized spacial score (nSPS) is 15.9. The van der Waals surface area contributed by atoms with Crippen LogP contribution in [0.5, 0.6) is 0 Å². The molecule has 3 atom stereocenters. The number of carbonyl (C=O) groups excluding carboxylic acids is 1. The summed E-state index contributed by atoms with van der Waals surface area (Å²) in [6.45, 7) is 3.46. The van der Waals surface area contributed by atoms with Crippen molar-refractivity contribution in [3.8, 4) is 0 Å². The van der Waals surface area contributed by atoms with Crippen LogP contribution in [-0.2, 0) is 9.53 Å². The van der Waals surface area contributed by atoms with Crippen LogP contribution in [0.1, 0.15) is 65.2 Å². The van der Waals surface area contributed by atoms with Gasteiger partial charge in [0.15, 0.2) is 0 Å². The summed E-state index contributed by atoms with van der Waals surface area (Å²) in [5, 5.41) is 9.41. The topological polar surface area (TPSA) is 46.5 Å². The van der Waals surface area contributed by atoms with Crippen LogP contribution in [0.3, 0.4) is 0 Å². The fraction of sp³-hybridized carbons (Fsp3) is 0.812. The van der Waals surface area contributed by atoms with Gasteiger partial charge in [0.1, 0.15) is 0 Å². The zero-order valence-electron chi connectivity index (χ0n) is 13.1. The molecular weight excluding hydrogens is 400 g/mol. The third-order valence-electron chi connectivity index (χ3n) is 3.13. The lowest BCUT2D eigenvalue weighted by Crippen LogP contribution is -2.16. The van der Waals surface area contributed by atoms with Crippen LogP contribution < -0.4 is 0 Å². The summed E-state index contributed by atoms with van der Waals surface area (Å²) in [5.41, 5.74) is 0. The van der Waals surface area contributed by atoms with Gasteiger partial charge in [0.05, 0.1) is 0 Å². The second-order valence-corrected chi connectivity index (χ2v) is 7.54. The van der Waals surface area contributed by atoms with E-state index in [-0.39, 0.29) is 0 Å². The molecule has 0 aliphatic rings. The minimum absolute atomic E-state index is 0.432. The van der Waals surface area contributed by atoms with Gasteiger partial charge in [0, 0.05) is 23.0 Å². The van der Waals surface area contributed by atoms with E-state index in [0.29, 0.717) is 16.1 Å². The Kier molecular flexibility index (Phi) is 13.9. The Balaban J connectivity index is 3.61.